The Balaban J connectivity index is 1.84. The Morgan fingerprint density at radius 3 is 2.36 bits per heavy atom. The van der Waals surface area contributed by atoms with E-state index in [9.17, 15) is 8.42 Å². The van der Waals surface area contributed by atoms with E-state index < -0.39 is 9.84 Å². The lowest BCUT2D eigenvalue weighted by Gasteiger charge is -2.07. The Kier molecular flexibility index (Phi) is 4.87. The van der Waals surface area contributed by atoms with Gasteiger partial charge < -0.3 is 0 Å². The normalized spacial score (nSPS) is 11.8. The van der Waals surface area contributed by atoms with Crippen LogP contribution in [0.3, 0.4) is 0 Å². The molecule has 0 amide bonds. The fraction of sp³-hybridized carbons (Fsp3) is 0.250. The van der Waals surface area contributed by atoms with E-state index >= 15 is 0 Å². The summed E-state index contributed by atoms with van der Waals surface area (Å²) in [6.45, 7) is 4.28. The van der Waals surface area contributed by atoms with Crippen LogP contribution >= 0.6 is 11.8 Å². The van der Waals surface area contributed by atoms with E-state index in [0.29, 0.717) is 16.1 Å². The van der Waals surface area contributed by atoms with Crippen LogP contribution in [0.2, 0.25) is 0 Å². The summed E-state index contributed by atoms with van der Waals surface area (Å²) in [5.41, 5.74) is 2.09. The standard InChI is InChI=1S/C16H17N5O2S2/c1-11(2)12-4-6-13(7-5-12)21-16(18-19-20-21)24-15-9-8-14(10-17-15)25(3,22)23/h4-11H,1-3H3. The van der Waals surface area contributed by atoms with Crippen molar-refractivity contribution in [2.24, 2.45) is 0 Å². The minimum absolute atomic E-state index is 0.181. The van der Waals surface area contributed by atoms with Gasteiger partial charge in [0.05, 0.1) is 10.6 Å². The zero-order valence-corrected chi connectivity index (χ0v) is 15.6. The van der Waals surface area contributed by atoms with Crippen molar-refractivity contribution in [1.29, 1.82) is 0 Å². The number of benzene rings is 1. The molecule has 0 N–H and O–H groups in total. The van der Waals surface area contributed by atoms with Crippen LogP contribution in [0.15, 0.2) is 57.7 Å². The van der Waals surface area contributed by atoms with Crippen LogP contribution in [0, 0.1) is 0 Å². The molecule has 0 radical (unpaired) electrons. The second kappa shape index (κ2) is 6.93. The quantitative estimate of drug-likeness (QED) is 0.677. The summed E-state index contributed by atoms with van der Waals surface area (Å²) in [4.78, 5) is 4.35. The largest absolute Gasteiger partial charge is 0.248 e. The van der Waals surface area contributed by atoms with Gasteiger partial charge in [0, 0.05) is 12.5 Å². The van der Waals surface area contributed by atoms with E-state index in [4.69, 9.17) is 0 Å². The third-order valence-electron chi connectivity index (χ3n) is 3.58. The molecule has 7 nitrogen and oxygen atoms in total. The number of nitrogens with zero attached hydrogens (tertiary/aromatic N) is 5. The maximum absolute atomic E-state index is 11.5. The van der Waals surface area contributed by atoms with Gasteiger partial charge in [-0.3, -0.25) is 0 Å². The number of rotatable bonds is 5. The highest BCUT2D eigenvalue weighted by Crippen LogP contribution is 2.26. The first-order chi connectivity index (χ1) is 11.8. The first-order valence-corrected chi connectivity index (χ1v) is 10.3. The maximum atomic E-state index is 11.5. The molecular formula is C16H17N5O2S2. The lowest BCUT2D eigenvalue weighted by atomic mass is 10.0. The lowest BCUT2D eigenvalue weighted by Crippen LogP contribution is -2.00. The number of sulfone groups is 1. The molecule has 9 heteroatoms. The molecule has 25 heavy (non-hydrogen) atoms. The van der Waals surface area contributed by atoms with Crippen LogP contribution in [-0.4, -0.2) is 39.9 Å². The molecular weight excluding hydrogens is 358 g/mol. The van der Waals surface area contributed by atoms with E-state index in [0.717, 1.165) is 11.9 Å². The van der Waals surface area contributed by atoms with Crippen molar-refractivity contribution in [2.75, 3.05) is 6.26 Å². The number of tetrazole rings is 1. The number of hydrogen-bond donors (Lipinski definition) is 0. The Morgan fingerprint density at radius 2 is 1.80 bits per heavy atom. The zero-order chi connectivity index (χ0) is 18.0. The molecule has 0 aliphatic carbocycles. The molecule has 0 bridgehead atoms. The average Bonchev–Trinajstić information content (AvgIpc) is 3.02. The molecule has 130 valence electrons. The van der Waals surface area contributed by atoms with Gasteiger partial charge in [-0.2, -0.15) is 4.68 Å². The van der Waals surface area contributed by atoms with Crippen molar-refractivity contribution in [3.8, 4) is 5.69 Å². The molecule has 0 aliphatic rings. The first kappa shape index (κ1) is 17.6. The predicted octanol–water partition coefficient (Wildman–Crippen LogP) is 2.74. The summed E-state index contributed by atoms with van der Waals surface area (Å²) in [6.07, 6.45) is 2.49. The average molecular weight is 375 g/mol. The maximum Gasteiger partial charge on any atom is 0.220 e. The Bertz CT molecular complexity index is 965. The van der Waals surface area contributed by atoms with E-state index in [1.54, 1.807) is 10.7 Å². The second-order valence-electron chi connectivity index (χ2n) is 5.83. The van der Waals surface area contributed by atoms with Gasteiger partial charge in [-0.15, -0.1) is 5.10 Å². The van der Waals surface area contributed by atoms with Gasteiger partial charge in [0.15, 0.2) is 9.84 Å². The zero-order valence-electron chi connectivity index (χ0n) is 14.0. The summed E-state index contributed by atoms with van der Waals surface area (Å²) < 4.78 is 24.6. The lowest BCUT2D eigenvalue weighted by molar-refractivity contribution is 0.601. The molecule has 0 aliphatic heterocycles. The van der Waals surface area contributed by atoms with E-state index in [1.165, 1.54) is 29.6 Å². The molecule has 2 aromatic heterocycles. The van der Waals surface area contributed by atoms with Gasteiger partial charge in [0.2, 0.25) is 5.16 Å². The molecule has 3 rings (SSSR count). The minimum Gasteiger partial charge on any atom is -0.248 e. The molecule has 0 saturated carbocycles. The smallest absolute Gasteiger partial charge is 0.220 e. The van der Waals surface area contributed by atoms with E-state index in [1.807, 2.05) is 12.1 Å². The third kappa shape index (κ3) is 4.05. The molecule has 0 fully saturated rings. The second-order valence-corrected chi connectivity index (χ2v) is 8.83. The fourth-order valence-corrected chi connectivity index (χ4v) is 3.44. The predicted molar refractivity (Wildman–Crippen MR) is 94.7 cm³/mol. The molecule has 0 atom stereocenters. The Morgan fingerprint density at radius 1 is 1.08 bits per heavy atom. The van der Waals surface area contributed by atoms with Gasteiger partial charge in [-0.1, -0.05) is 26.0 Å². The van der Waals surface area contributed by atoms with Crippen LogP contribution in [0.25, 0.3) is 5.69 Å². The summed E-state index contributed by atoms with van der Waals surface area (Å²) >= 11 is 1.27. The molecule has 0 spiro atoms. The number of hydrogen-bond acceptors (Lipinski definition) is 7. The molecule has 0 saturated heterocycles. The van der Waals surface area contributed by atoms with E-state index in [2.05, 4.69) is 46.5 Å². The van der Waals surface area contributed by atoms with Crippen LogP contribution in [0.4, 0.5) is 0 Å². The van der Waals surface area contributed by atoms with Gasteiger partial charge in [-0.25, -0.2) is 13.4 Å². The van der Waals surface area contributed by atoms with Crippen molar-refractivity contribution in [1.82, 2.24) is 25.2 Å². The first-order valence-electron chi connectivity index (χ1n) is 7.57. The number of pyridine rings is 1. The van der Waals surface area contributed by atoms with Gasteiger partial charge in [0.1, 0.15) is 5.03 Å². The molecule has 0 unspecified atom stereocenters. The van der Waals surface area contributed by atoms with Crippen LogP contribution in [0.1, 0.15) is 25.3 Å². The number of aromatic nitrogens is 5. The van der Waals surface area contributed by atoms with Gasteiger partial charge in [0.25, 0.3) is 0 Å². The third-order valence-corrected chi connectivity index (χ3v) is 5.56. The van der Waals surface area contributed by atoms with Crippen molar-refractivity contribution in [3.63, 3.8) is 0 Å². The fourth-order valence-electron chi connectivity index (χ4n) is 2.14. The van der Waals surface area contributed by atoms with Crippen LogP contribution in [0.5, 0.6) is 0 Å². The molecule has 3 aromatic rings. The summed E-state index contributed by atoms with van der Waals surface area (Å²) in [5, 5.41) is 12.9. The summed E-state index contributed by atoms with van der Waals surface area (Å²) in [5.74, 6) is 0.453. The van der Waals surface area contributed by atoms with Crippen LogP contribution < -0.4 is 0 Å². The van der Waals surface area contributed by atoms with E-state index in [-0.39, 0.29) is 4.90 Å². The van der Waals surface area contributed by atoms with Crippen molar-refractivity contribution in [3.05, 3.63) is 48.2 Å². The highest BCUT2D eigenvalue weighted by atomic mass is 32.2. The van der Waals surface area contributed by atoms with Crippen molar-refractivity contribution in [2.45, 2.75) is 34.8 Å². The van der Waals surface area contributed by atoms with Gasteiger partial charge >= 0.3 is 0 Å². The van der Waals surface area contributed by atoms with Crippen molar-refractivity contribution < 1.29 is 8.42 Å². The monoisotopic (exact) mass is 375 g/mol. The van der Waals surface area contributed by atoms with Crippen molar-refractivity contribution >= 4 is 21.6 Å². The Labute approximate surface area is 150 Å². The SMILES string of the molecule is CC(C)c1ccc(-n2nnnc2Sc2ccc(S(C)(=O)=O)cn2)cc1. The molecule has 1 aromatic carbocycles. The highest BCUT2D eigenvalue weighted by molar-refractivity contribution is 7.99. The van der Waals surface area contributed by atoms with Crippen LogP contribution in [-0.2, 0) is 9.84 Å². The highest BCUT2D eigenvalue weighted by Gasteiger charge is 2.13. The minimum atomic E-state index is -3.26. The Hall–Kier alpha value is -2.26. The molecule has 2 heterocycles. The van der Waals surface area contributed by atoms with Gasteiger partial charge in [-0.05, 0) is 57.9 Å². The summed E-state index contributed by atoms with van der Waals surface area (Å²) in [7, 11) is -3.26. The summed E-state index contributed by atoms with van der Waals surface area (Å²) in [6, 6.07) is 11.2. The topological polar surface area (TPSA) is 90.6 Å².